The monoisotopic (exact) mass is 429 g/mol. The average molecular weight is 430 g/mol. The van der Waals surface area contributed by atoms with E-state index in [1.165, 1.54) is 43.1 Å². The molecule has 2 N–H and O–H groups in total. The van der Waals surface area contributed by atoms with E-state index in [1.54, 1.807) is 0 Å². The SMILES string of the molecule is CC.c1cc2c3cnc(Nc4ccc5c(n4)CNCC5)nc3n(C3CCCCC3)c2cn1. The van der Waals surface area contributed by atoms with Gasteiger partial charge in [0.1, 0.15) is 11.5 Å². The van der Waals surface area contributed by atoms with Gasteiger partial charge in [-0.1, -0.05) is 39.2 Å². The zero-order chi connectivity index (χ0) is 21.9. The van der Waals surface area contributed by atoms with Crippen molar-refractivity contribution in [2.75, 3.05) is 11.9 Å². The largest absolute Gasteiger partial charge is 0.321 e. The Labute approximate surface area is 188 Å². The second kappa shape index (κ2) is 9.20. The molecule has 1 saturated carbocycles. The lowest BCUT2D eigenvalue weighted by Gasteiger charge is -2.24. The van der Waals surface area contributed by atoms with Crippen LogP contribution in [0.5, 0.6) is 0 Å². The molecule has 0 bridgehead atoms. The number of fused-ring (bicyclic) bond motifs is 4. The molecule has 4 aromatic heterocycles. The van der Waals surface area contributed by atoms with Gasteiger partial charge in [-0.2, -0.15) is 4.98 Å². The normalized spacial score (nSPS) is 16.4. The Bertz CT molecular complexity index is 1220. The maximum Gasteiger partial charge on any atom is 0.230 e. The summed E-state index contributed by atoms with van der Waals surface area (Å²) in [5, 5.41) is 8.98. The lowest BCUT2D eigenvalue weighted by Crippen LogP contribution is -2.24. The number of anilines is 2. The molecule has 0 atom stereocenters. The second-order valence-electron chi connectivity index (χ2n) is 8.34. The highest BCUT2D eigenvalue weighted by Gasteiger charge is 2.22. The van der Waals surface area contributed by atoms with E-state index in [-0.39, 0.29) is 0 Å². The fraction of sp³-hybridized carbons (Fsp3) is 0.440. The van der Waals surface area contributed by atoms with Gasteiger partial charge in [-0.3, -0.25) is 4.98 Å². The number of nitrogens with one attached hydrogen (secondary N) is 2. The van der Waals surface area contributed by atoms with Gasteiger partial charge in [0.2, 0.25) is 5.95 Å². The predicted octanol–water partition coefficient (Wildman–Crippen LogP) is 5.30. The molecule has 32 heavy (non-hydrogen) atoms. The molecule has 1 fully saturated rings. The number of aromatic nitrogens is 5. The van der Waals surface area contributed by atoms with Crippen molar-refractivity contribution in [1.82, 2.24) is 29.8 Å². The Hall–Kier alpha value is -3.06. The smallest absolute Gasteiger partial charge is 0.230 e. The Morgan fingerprint density at radius 1 is 1.00 bits per heavy atom. The third kappa shape index (κ3) is 3.81. The fourth-order valence-corrected chi connectivity index (χ4v) is 4.96. The number of pyridine rings is 2. The van der Waals surface area contributed by atoms with Gasteiger partial charge in [0.15, 0.2) is 0 Å². The summed E-state index contributed by atoms with van der Waals surface area (Å²) in [5.74, 6) is 1.38. The van der Waals surface area contributed by atoms with Crippen molar-refractivity contribution in [2.45, 2.75) is 65.0 Å². The van der Waals surface area contributed by atoms with E-state index < -0.39 is 0 Å². The zero-order valence-electron chi connectivity index (χ0n) is 18.9. The molecular weight excluding hydrogens is 398 g/mol. The molecule has 2 aliphatic rings. The van der Waals surface area contributed by atoms with Crippen LogP contribution in [0.25, 0.3) is 21.9 Å². The maximum atomic E-state index is 4.95. The highest BCUT2D eigenvalue weighted by molar-refractivity contribution is 6.06. The van der Waals surface area contributed by atoms with Gasteiger partial charge in [0.05, 0.1) is 17.4 Å². The standard InChI is InChI=1S/C23H25N7.C2H6/c1-2-4-16(5-3-1)30-20-14-25-11-9-17(20)18-12-26-23(29-22(18)30)28-21-7-6-15-8-10-24-13-19(15)27-21;1-2/h6-7,9,11-12,14,16,24H,1-5,8,10,13H2,(H,26,27,28,29);1-2H3. The predicted molar refractivity (Wildman–Crippen MR) is 129 cm³/mol. The summed E-state index contributed by atoms with van der Waals surface area (Å²) in [4.78, 5) is 18.7. The van der Waals surface area contributed by atoms with E-state index in [2.05, 4.69) is 37.3 Å². The Morgan fingerprint density at radius 2 is 1.88 bits per heavy atom. The third-order valence-corrected chi connectivity index (χ3v) is 6.46. The molecule has 7 heteroatoms. The highest BCUT2D eigenvalue weighted by Crippen LogP contribution is 2.36. The van der Waals surface area contributed by atoms with Gasteiger partial charge in [-0.05, 0) is 43.5 Å². The first-order valence-electron chi connectivity index (χ1n) is 11.9. The van der Waals surface area contributed by atoms with E-state index in [4.69, 9.17) is 9.97 Å². The number of rotatable bonds is 3. The number of hydrogen-bond acceptors (Lipinski definition) is 6. The minimum absolute atomic E-state index is 0.471. The van der Waals surface area contributed by atoms with Crippen molar-refractivity contribution in [2.24, 2.45) is 0 Å². The molecule has 0 amide bonds. The first-order chi connectivity index (χ1) is 15.9. The third-order valence-electron chi connectivity index (χ3n) is 6.46. The van der Waals surface area contributed by atoms with Crippen molar-refractivity contribution in [3.05, 3.63) is 48.0 Å². The first-order valence-corrected chi connectivity index (χ1v) is 11.9. The van der Waals surface area contributed by atoms with Crippen LogP contribution in [0.15, 0.2) is 36.8 Å². The van der Waals surface area contributed by atoms with Crippen molar-refractivity contribution < 1.29 is 0 Å². The fourth-order valence-electron chi connectivity index (χ4n) is 4.96. The van der Waals surface area contributed by atoms with Crippen LogP contribution in [-0.2, 0) is 13.0 Å². The zero-order valence-corrected chi connectivity index (χ0v) is 18.9. The molecule has 0 aromatic carbocycles. The van der Waals surface area contributed by atoms with Gasteiger partial charge in [-0.15, -0.1) is 0 Å². The molecule has 166 valence electrons. The van der Waals surface area contributed by atoms with Crippen LogP contribution in [0.4, 0.5) is 11.8 Å². The molecule has 4 aromatic rings. The second-order valence-corrected chi connectivity index (χ2v) is 8.34. The molecule has 6 rings (SSSR count). The van der Waals surface area contributed by atoms with E-state index >= 15 is 0 Å². The van der Waals surface area contributed by atoms with Gasteiger partial charge >= 0.3 is 0 Å². The lowest BCUT2D eigenvalue weighted by atomic mass is 9.95. The molecule has 0 unspecified atom stereocenters. The maximum absolute atomic E-state index is 4.95. The molecule has 0 radical (unpaired) electrons. The Morgan fingerprint density at radius 3 is 2.75 bits per heavy atom. The average Bonchev–Trinajstić information content (AvgIpc) is 3.19. The van der Waals surface area contributed by atoms with Crippen LogP contribution in [0.2, 0.25) is 0 Å². The first kappa shape index (κ1) is 20.8. The van der Waals surface area contributed by atoms with E-state index in [9.17, 15) is 0 Å². The van der Waals surface area contributed by atoms with Crippen LogP contribution in [-0.4, -0.2) is 31.0 Å². The van der Waals surface area contributed by atoms with Crippen LogP contribution >= 0.6 is 0 Å². The molecular formula is C25H31N7. The number of hydrogen-bond donors (Lipinski definition) is 2. The molecule has 7 nitrogen and oxygen atoms in total. The van der Waals surface area contributed by atoms with Crippen LogP contribution < -0.4 is 10.6 Å². The Kier molecular flexibility index (Phi) is 5.99. The number of nitrogens with zero attached hydrogens (tertiary/aromatic N) is 5. The summed E-state index contributed by atoms with van der Waals surface area (Å²) in [5.41, 5.74) is 4.57. The van der Waals surface area contributed by atoms with Crippen LogP contribution in [0, 0.1) is 0 Å². The molecule has 0 spiro atoms. The molecule has 5 heterocycles. The minimum atomic E-state index is 0.471. The summed E-state index contributed by atoms with van der Waals surface area (Å²) in [6.45, 7) is 5.83. The van der Waals surface area contributed by atoms with Gasteiger partial charge in [-0.25, -0.2) is 9.97 Å². The Balaban J connectivity index is 0.00000105. The summed E-state index contributed by atoms with van der Waals surface area (Å²) >= 11 is 0. The summed E-state index contributed by atoms with van der Waals surface area (Å²) < 4.78 is 2.40. The van der Waals surface area contributed by atoms with Gasteiger partial charge in [0, 0.05) is 35.8 Å². The van der Waals surface area contributed by atoms with Gasteiger partial charge in [0.25, 0.3) is 0 Å². The van der Waals surface area contributed by atoms with Crippen molar-refractivity contribution in [3.8, 4) is 0 Å². The highest BCUT2D eigenvalue weighted by atomic mass is 15.2. The molecule has 1 aliphatic carbocycles. The van der Waals surface area contributed by atoms with E-state index in [1.807, 2.05) is 38.5 Å². The topological polar surface area (TPSA) is 80.5 Å². The van der Waals surface area contributed by atoms with Gasteiger partial charge < -0.3 is 15.2 Å². The summed E-state index contributed by atoms with van der Waals surface area (Å²) in [7, 11) is 0. The van der Waals surface area contributed by atoms with E-state index in [0.29, 0.717) is 12.0 Å². The van der Waals surface area contributed by atoms with Crippen molar-refractivity contribution >= 4 is 33.7 Å². The van der Waals surface area contributed by atoms with Crippen molar-refractivity contribution in [3.63, 3.8) is 0 Å². The van der Waals surface area contributed by atoms with Crippen LogP contribution in [0.3, 0.4) is 0 Å². The van der Waals surface area contributed by atoms with E-state index in [0.717, 1.165) is 47.6 Å². The van der Waals surface area contributed by atoms with Crippen molar-refractivity contribution in [1.29, 1.82) is 0 Å². The summed E-state index contributed by atoms with van der Waals surface area (Å²) in [6, 6.07) is 6.73. The summed E-state index contributed by atoms with van der Waals surface area (Å²) in [6.07, 6.45) is 13.0. The quantitative estimate of drug-likeness (QED) is 0.460. The lowest BCUT2D eigenvalue weighted by molar-refractivity contribution is 0.366. The molecule has 0 saturated heterocycles. The molecule has 1 aliphatic heterocycles. The van der Waals surface area contributed by atoms with Crippen LogP contribution in [0.1, 0.15) is 63.3 Å². The minimum Gasteiger partial charge on any atom is -0.321 e.